The summed E-state index contributed by atoms with van der Waals surface area (Å²) in [7, 11) is -1.83. The smallest absolute Gasteiger partial charge is 0.192 e. The van der Waals surface area contributed by atoms with Crippen LogP contribution in [0.2, 0.25) is 18.1 Å². The van der Waals surface area contributed by atoms with Crippen LogP contribution >= 0.6 is 0 Å². The third-order valence-corrected chi connectivity index (χ3v) is 13.0. The molecule has 23 heavy (non-hydrogen) atoms. The molecule has 0 aromatic carbocycles. The highest BCUT2D eigenvalue weighted by Crippen LogP contribution is 2.69. The lowest BCUT2D eigenvalue weighted by atomic mass is 9.46. The maximum atomic E-state index is 12.7. The number of Topliss-reactive ketones (excluding diaryl/α,β-unsaturated/α-hetero) is 1. The van der Waals surface area contributed by atoms with Crippen LogP contribution < -0.4 is 0 Å². The standard InChI is InChI=1S/C20H38O2Si/c1-14-15(21)13-19(7)16(22-23(9,10)17(2,3)4)11-12-18(5,6)20(14,19)8/h14,16H,11-13H2,1-10H3/t14-,16-,19+,20-/m1/s1. The Kier molecular flexibility index (Phi) is 4.31. The molecule has 0 heterocycles. The van der Waals surface area contributed by atoms with Crippen LogP contribution in [0.15, 0.2) is 0 Å². The van der Waals surface area contributed by atoms with E-state index in [1.54, 1.807) is 0 Å². The third-order valence-electron chi connectivity index (χ3n) is 8.47. The fourth-order valence-corrected chi connectivity index (χ4v) is 6.56. The van der Waals surface area contributed by atoms with E-state index in [0.717, 1.165) is 12.8 Å². The minimum absolute atomic E-state index is 0.0162. The van der Waals surface area contributed by atoms with E-state index in [0.29, 0.717) is 12.2 Å². The SMILES string of the molecule is C[C@@H]1C(=O)C[C@@]2(C)[C@H](O[Si](C)(C)C(C)(C)C)CCC(C)(C)[C@@]12C. The van der Waals surface area contributed by atoms with Crippen LogP contribution in [0.3, 0.4) is 0 Å². The van der Waals surface area contributed by atoms with Gasteiger partial charge in [0.05, 0.1) is 6.10 Å². The van der Waals surface area contributed by atoms with E-state index in [1.165, 1.54) is 0 Å². The molecule has 0 aromatic rings. The molecule has 134 valence electrons. The van der Waals surface area contributed by atoms with Crippen LogP contribution in [0, 0.1) is 22.2 Å². The van der Waals surface area contributed by atoms with Gasteiger partial charge in [-0.2, -0.15) is 0 Å². The van der Waals surface area contributed by atoms with Gasteiger partial charge in [-0.3, -0.25) is 4.79 Å². The zero-order valence-corrected chi connectivity index (χ0v) is 18.1. The largest absolute Gasteiger partial charge is 0.413 e. The first-order valence-corrected chi connectivity index (χ1v) is 12.2. The highest BCUT2D eigenvalue weighted by Gasteiger charge is 2.68. The van der Waals surface area contributed by atoms with Crippen molar-refractivity contribution in [3.63, 3.8) is 0 Å². The van der Waals surface area contributed by atoms with Crippen molar-refractivity contribution in [3.05, 3.63) is 0 Å². The van der Waals surface area contributed by atoms with Gasteiger partial charge in [0.2, 0.25) is 0 Å². The number of carbonyl (C=O) groups excluding carboxylic acids is 1. The Morgan fingerprint density at radius 2 is 1.65 bits per heavy atom. The third kappa shape index (κ3) is 2.49. The predicted molar refractivity (Wildman–Crippen MR) is 100 cm³/mol. The van der Waals surface area contributed by atoms with Gasteiger partial charge in [0, 0.05) is 17.8 Å². The molecule has 0 saturated heterocycles. The van der Waals surface area contributed by atoms with Gasteiger partial charge in [-0.05, 0) is 41.8 Å². The summed E-state index contributed by atoms with van der Waals surface area (Å²) in [5.41, 5.74) is 0.156. The van der Waals surface area contributed by atoms with Crippen molar-refractivity contribution in [2.24, 2.45) is 22.2 Å². The lowest BCUT2D eigenvalue weighted by Gasteiger charge is -2.61. The lowest BCUT2D eigenvalue weighted by molar-refractivity contribution is -0.153. The van der Waals surface area contributed by atoms with Gasteiger partial charge < -0.3 is 4.43 Å². The van der Waals surface area contributed by atoms with Gasteiger partial charge >= 0.3 is 0 Å². The molecule has 0 aliphatic heterocycles. The number of rotatable bonds is 2. The zero-order valence-electron chi connectivity index (χ0n) is 17.1. The average molecular weight is 339 g/mol. The van der Waals surface area contributed by atoms with E-state index in [1.807, 2.05) is 0 Å². The Hall–Kier alpha value is -0.153. The summed E-state index contributed by atoms with van der Waals surface area (Å²) in [5, 5.41) is 0.209. The second-order valence-electron chi connectivity index (χ2n) is 10.8. The van der Waals surface area contributed by atoms with E-state index in [9.17, 15) is 4.79 Å². The minimum Gasteiger partial charge on any atom is -0.413 e. The summed E-state index contributed by atoms with van der Waals surface area (Å²) in [6, 6.07) is 0. The van der Waals surface area contributed by atoms with Crippen molar-refractivity contribution in [1.29, 1.82) is 0 Å². The minimum atomic E-state index is -1.83. The number of fused-ring (bicyclic) bond motifs is 1. The molecule has 0 N–H and O–H groups in total. The summed E-state index contributed by atoms with van der Waals surface area (Å²) in [5.74, 6) is 0.571. The topological polar surface area (TPSA) is 26.3 Å². The molecule has 2 fully saturated rings. The van der Waals surface area contributed by atoms with Crippen LogP contribution in [0.5, 0.6) is 0 Å². The van der Waals surface area contributed by atoms with Crippen molar-refractivity contribution in [2.75, 3.05) is 0 Å². The molecule has 0 aromatic heterocycles. The van der Waals surface area contributed by atoms with E-state index in [4.69, 9.17) is 4.43 Å². The molecule has 0 spiro atoms. The van der Waals surface area contributed by atoms with Crippen LogP contribution in [0.4, 0.5) is 0 Å². The number of ketones is 1. The molecule has 2 rings (SSSR count). The van der Waals surface area contributed by atoms with Crippen LogP contribution in [0.1, 0.15) is 74.7 Å². The second kappa shape index (κ2) is 5.17. The van der Waals surface area contributed by atoms with Crippen molar-refractivity contribution < 1.29 is 9.22 Å². The van der Waals surface area contributed by atoms with Crippen molar-refractivity contribution >= 4 is 14.1 Å². The fourth-order valence-electron chi connectivity index (χ4n) is 5.11. The zero-order chi connectivity index (χ0) is 18.1. The van der Waals surface area contributed by atoms with Crippen molar-refractivity contribution in [3.8, 4) is 0 Å². The first-order chi connectivity index (χ1) is 10.1. The Morgan fingerprint density at radius 3 is 2.13 bits per heavy atom. The predicted octanol–water partition coefficient (Wildman–Crippen LogP) is 5.82. The Morgan fingerprint density at radius 1 is 1.13 bits per heavy atom. The summed E-state index contributed by atoms with van der Waals surface area (Å²) in [6.45, 7) is 23.2. The number of hydrogen-bond donors (Lipinski definition) is 0. The Balaban J connectivity index is 2.45. The van der Waals surface area contributed by atoms with Gasteiger partial charge in [0.15, 0.2) is 8.32 Å². The highest BCUT2D eigenvalue weighted by atomic mass is 28.4. The van der Waals surface area contributed by atoms with Gasteiger partial charge in [-0.25, -0.2) is 0 Å². The first-order valence-electron chi connectivity index (χ1n) is 9.31. The molecule has 2 aliphatic rings. The first kappa shape index (κ1) is 19.2. The van der Waals surface area contributed by atoms with Crippen LogP contribution in [-0.2, 0) is 9.22 Å². The van der Waals surface area contributed by atoms with E-state index in [2.05, 4.69) is 68.5 Å². The molecule has 2 aliphatic carbocycles. The maximum absolute atomic E-state index is 12.7. The van der Waals surface area contributed by atoms with E-state index in [-0.39, 0.29) is 33.3 Å². The van der Waals surface area contributed by atoms with Crippen LogP contribution in [-0.4, -0.2) is 20.2 Å². The summed E-state index contributed by atoms with van der Waals surface area (Å²) >= 11 is 0. The molecule has 2 nitrogen and oxygen atoms in total. The normalized spacial score (nSPS) is 41.0. The van der Waals surface area contributed by atoms with E-state index < -0.39 is 8.32 Å². The molecule has 4 atom stereocenters. The second-order valence-corrected chi connectivity index (χ2v) is 15.5. The molecule has 0 unspecified atom stereocenters. The van der Waals surface area contributed by atoms with Gasteiger partial charge in [0.25, 0.3) is 0 Å². The van der Waals surface area contributed by atoms with Crippen LogP contribution in [0.25, 0.3) is 0 Å². The number of hydrogen-bond acceptors (Lipinski definition) is 2. The van der Waals surface area contributed by atoms with Crippen molar-refractivity contribution in [1.82, 2.24) is 0 Å². The molecule has 3 heteroatoms. The lowest BCUT2D eigenvalue weighted by Crippen LogP contribution is -2.60. The molecular formula is C20H38O2Si. The number of carbonyl (C=O) groups is 1. The molecule has 0 amide bonds. The molecule has 0 bridgehead atoms. The molecule has 2 saturated carbocycles. The van der Waals surface area contributed by atoms with Gasteiger partial charge in [-0.15, -0.1) is 0 Å². The van der Waals surface area contributed by atoms with Crippen molar-refractivity contribution in [2.45, 2.75) is 98.9 Å². The highest BCUT2D eigenvalue weighted by molar-refractivity contribution is 6.74. The quantitative estimate of drug-likeness (QED) is 0.593. The Labute approximate surface area is 144 Å². The molecule has 0 radical (unpaired) electrons. The van der Waals surface area contributed by atoms with E-state index >= 15 is 0 Å². The average Bonchev–Trinajstić information content (AvgIpc) is 2.55. The monoisotopic (exact) mass is 338 g/mol. The van der Waals surface area contributed by atoms with Gasteiger partial charge in [-0.1, -0.05) is 55.4 Å². The summed E-state index contributed by atoms with van der Waals surface area (Å²) in [4.78, 5) is 12.7. The summed E-state index contributed by atoms with van der Waals surface area (Å²) < 4.78 is 6.90. The Bertz CT molecular complexity index is 502. The van der Waals surface area contributed by atoms with Gasteiger partial charge in [0.1, 0.15) is 5.78 Å². The fraction of sp³-hybridized carbons (Fsp3) is 0.950. The maximum Gasteiger partial charge on any atom is 0.192 e. The molecular weight excluding hydrogens is 300 g/mol. The summed E-state index contributed by atoms with van der Waals surface area (Å²) in [6.07, 6.45) is 3.14.